The summed E-state index contributed by atoms with van der Waals surface area (Å²) in [6.45, 7) is 4.20. The highest BCUT2D eigenvalue weighted by Gasteiger charge is 2.39. The van der Waals surface area contributed by atoms with E-state index < -0.39 is 0 Å². The third-order valence-corrected chi connectivity index (χ3v) is 4.29. The Morgan fingerprint density at radius 3 is 2.70 bits per heavy atom. The van der Waals surface area contributed by atoms with Crippen molar-refractivity contribution in [1.82, 2.24) is 10.2 Å². The maximum Gasteiger partial charge on any atom is 0.262 e. The van der Waals surface area contributed by atoms with Gasteiger partial charge in [0.1, 0.15) is 0 Å². The van der Waals surface area contributed by atoms with Crippen LogP contribution in [-0.2, 0) is 0 Å². The number of carbonyl (C=O) groups excluding carboxylic acids is 1. The minimum absolute atomic E-state index is 0.132. The molecule has 0 spiro atoms. The van der Waals surface area contributed by atoms with Crippen LogP contribution in [0.2, 0.25) is 5.15 Å². The van der Waals surface area contributed by atoms with Gasteiger partial charge in [0.25, 0.3) is 5.91 Å². The molecule has 0 unspecified atom stereocenters. The number of para-hydroxylation sites is 2. The van der Waals surface area contributed by atoms with Gasteiger partial charge >= 0.3 is 0 Å². The second kappa shape index (κ2) is 5.35. The molecule has 1 aliphatic carbocycles. The molecule has 6 heteroatoms. The van der Waals surface area contributed by atoms with Crippen LogP contribution in [0, 0.1) is 0 Å². The monoisotopic (exact) mass is 326 g/mol. The normalized spacial score (nSPS) is 16.7. The van der Waals surface area contributed by atoms with Gasteiger partial charge in [-0.3, -0.25) is 4.79 Å². The minimum atomic E-state index is -0.132. The van der Waals surface area contributed by atoms with Gasteiger partial charge in [0.15, 0.2) is 11.0 Å². The summed E-state index contributed by atoms with van der Waals surface area (Å²) in [4.78, 5) is 16.9. The number of hydrogen-bond donors (Lipinski definition) is 0. The van der Waals surface area contributed by atoms with Crippen LogP contribution >= 0.6 is 11.6 Å². The van der Waals surface area contributed by atoms with Crippen LogP contribution in [0.3, 0.4) is 0 Å². The van der Waals surface area contributed by atoms with Crippen LogP contribution < -0.4 is 9.80 Å². The van der Waals surface area contributed by atoms with Crippen LogP contribution in [0.25, 0.3) is 0 Å². The molecule has 116 valence electrons. The molecule has 0 atom stereocenters. The van der Waals surface area contributed by atoms with Gasteiger partial charge in [-0.15, -0.1) is 16.8 Å². The number of nitrogens with zero attached hydrogens (tertiary/aromatic N) is 4. The predicted molar refractivity (Wildman–Crippen MR) is 90.5 cm³/mol. The second-order valence-electron chi connectivity index (χ2n) is 5.70. The Hall–Kier alpha value is -2.40. The molecule has 2 aromatic rings. The highest BCUT2D eigenvalue weighted by molar-refractivity contribution is 6.30. The quantitative estimate of drug-likeness (QED) is 0.809. The SMILES string of the molecule is C=CCN1C(=O)c2cc(Cl)nnc2N(C2CC2)c2ccccc21. The molecule has 1 saturated carbocycles. The van der Waals surface area contributed by atoms with Crippen molar-refractivity contribution in [2.24, 2.45) is 0 Å². The van der Waals surface area contributed by atoms with Crippen molar-refractivity contribution >= 4 is 34.7 Å². The van der Waals surface area contributed by atoms with Crippen molar-refractivity contribution in [1.29, 1.82) is 0 Å². The number of aromatic nitrogens is 2. The number of halogens is 1. The third-order valence-electron chi connectivity index (χ3n) is 4.10. The standard InChI is InChI=1S/C17H15ClN4O/c1-2-9-21-13-5-3-4-6-14(13)22(11-7-8-11)16-12(17(21)23)10-15(18)19-20-16/h2-6,10-11H,1,7-9H2. The van der Waals surface area contributed by atoms with Crippen LogP contribution in [0.15, 0.2) is 43.0 Å². The summed E-state index contributed by atoms with van der Waals surface area (Å²) in [5.74, 6) is 0.452. The van der Waals surface area contributed by atoms with E-state index in [1.807, 2.05) is 24.3 Å². The molecule has 0 bridgehead atoms. The summed E-state index contributed by atoms with van der Waals surface area (Å²) in [5, 5.41) is 8.41. The van der Waals surface area contributed by atoms with Gasteiger partial charge in [-0.25, -0.2) is 0 Å². The first-order chi connectivity index (χ1) is 11.2. The molecular weight excluding hydrogens is 312 g/mol. The smallest absolute Gasteiger partial charge is 0.262 e. The van der Waals surface area contributed by atoms with Gasteiger partial charge in [0, 0.05) is 12.6 Å². The number of amides is 1. The summed E-state index contributed by atoms with van der Waals surface area (Å²) >= 11 is 5.99. The lowest BCUT2D eigenvalue weighted by Gasteiger charge is -2.25. The summed E-state index contributed by atoms with van der Waals surface area (Å²) in [6, 6.07) is 9.82. The van der Waals surface area contributed by atoms with E-state index in [-0.39, 0.29) is 11.1 Å². The molecule has 2 aliphatic rings. The number of rotatable bonds is 3. The average molecular weight is 327 g/mol. The van der Waals surface area contributed by atoms with Gasteiger partial charge in [0.05, 0.1) is 16.9 Å². The maximum atomic E-state index is 13.1. The molecule has 0 radical (unpaired) electrons. The highest BCUT2D eigenvalue weighted by atomic mass is 35.5. The predicted octanol–water partition coefficient (Wildman–Crippen LogP) is 3.58. The molecule has 1 amide bonds. The van der Waals surface area contributed by atoms with E-state index in [1.165, 1.54) is 0 Å². The van der Waals surface area contributed by atoms with Gasteiger partial charge in [-0.2, -0.15) is 0 Å². The topological polar surface area (TPSA) is 49.3 Å². The average Bonchev–Trinajstić information content (AvgIpc) is 3.39. The van der Waals surface area contributed by atoms with E-state index in [4.69, 9.17) is 11.6 Å². The van der Waals surface area contributed by atoms with E-state index >= 15 is 0 Å². The molecule has 1 aromatic heterocycles. The Balaban J connectivity index is 2.00. The van der Waals surface area contributed by atoms with Gasteiger partial charge in [-0.1, -0.05) is 29.8 Å². The lowest BCUT2D eigenvalue weighted by molar-refractivity contribution is 0.0990. The fraction of sp³-hybridized carbons (Fsp3) is 0.235. The Bertz CT molecular complexity index is 803. The van der Waals surface area contributed by atoms with Crippen molar-refractivity contribution < 1.29 is 4.79 Å². The minimum Gasteiger partial charge on any atom is -0.319 e. The first-order valence-electron chi connectivity index (χ1n) is 7.55. The third kappa shape index (κ3) is 2.28. The van der Waals surface area contributed by atoms with Gasteiger partial charge in [0.2, 0.25) is 0 Å². The first-order valence-corrected chi connectivity index (χ1v) is 7.92. The van der Waals surface area contributed by atoms with E-state index in [2.05, 4.69) is 21.7 Å². The first kappa shape index (κ1) is 14.2. The zero-order valence-electron chi connectivity index (χ0n) is 12.4. The Labute approximate surface area is 139 Å². The number of anilines is 3. The van der Waals surface area contributed by atoms with Crippen LogP contribution in [0.4, 0.5) is 17.2 Å². The van der Waals surface area contributed by atoms with Crippen molar-refractivity contribution in [2.75, 3.05) is 16.3 Å². The number of hydrogen-bond acceptors (Lipinski definition) is 4. The van der Waals surface area contributed by atoms with E-state index in [0.29, 0.717) is 24.0 Å². The molecular formula is C17H15ClN4O. The van der Waals surface area contributed by atoms with Crippen molar-refractivity contribution in [3.8, 4) is 0 Å². The number of carbonyl (C=O) groups is 1. The summed E-state index contributed by atoms with van der Waals surface area (Å²) in [5.41, 5.74) is 2.31. The van der Waals surface area contributed by atoms with E-state index in [1.54, 1.807) is 17.0 Å². The van der Waals surface area contributed by atoms with Crippen molar-refractivity contribution in [3.63, 3.8) is 0 Å². The van der Waals surface area contributed by atoms with E-state index in [0.717, 1.165) is 24.2 Å². The Kier molecular flexibility index (Phi) is 3.31. The highest BCUT2D eigenvalue weighted by Crippen LogP contribution is 2.45. The van der Waals surface area contributed by atoms with Crippen molar-refractivity contribution in [2.45, 2.75) is 18.9 Å². The molecule has 1 aliphatic heterocycles. The zero-order valence-corrected chi connectivity index (χ0v) is 13.2. The van der Waals surface area contributed by atoms with Crippen LogP contribution in [-0.4, -0.2) is 28.7 Å². The molecule has 4 rings (SSSR count). The molecule has 0 saturated heterocycles. The van der Waals surface area contributed by atoms with E-state index in [9.17, 15) is 4.79 Å². The fourth-order valence-electron chi connectivity index (χ4n) is 2.97. The Morgan fingerprint density at radius 2 is 2.00 bits per heavy atom. The molecule has 1 aromatic carbocycles. The number of benzene rings is 1. The Morgan fingerprint density at radius 1 is 1.26 bits per heavy atom. The zero-order chi connectivity index (χ0) is 16.0. The largest absolute Gasteiger partial charge is 0.319 e. The summed E-state index contributed by atoms with van der Waals surface area (Å²) < 4.78 is 0. The lowest BCUT2D eigenvalue weighted by atomic mass is 10.2. The molecule has 1 fully saturated rings. The van der Waals surface area contributed by atoms with Crippen molar-refractivity contribution in [3.05, 3.63) is 53.7 Å². The number of fused-ring (bicyclic) bond motifs is 2. The maximum absolute atomic E-state index is 13.1. The fourth-order valence-corrected chi connectivity index (χ4v) is 3.12. The van der Waals surface area contributed by atoms with Crippen LogP contribution in [0.1, 0.15) is 23.2 Å². The van der Waals surface area contributed by atoms with Crippen LogP contribution in [0.5, 0.6) is 0 Å². The van der Waals surface area contributed by atoms with Gasteiger partial charge in [-0.05, 0) is 31.0 Å². The molecule has 2 heterocycles. The van der Waals surface area contributed by atoms with Gasteiger partial charge < -0.3 is 9.80 Å². The second-order valence-corrected chi connectivity index (χ2v) is 6.09. The molecule has 23 heavy (non-hydrogen) atoms. The molecule has 0 N–H and O–H groups in total. The summed E-state index contributed by atoms with van der Waals surface area (Å²) in [6.07, 6.45) is 3.87. The lowest BCUT2D eigenvalue weighted by Crippen LogP contribution is -2.30. The summed E-state index contributed by atoms with van der Waals surface area (Å²) in [7, 11) is 0. The molecule has 5 nitrogen and oxygen atoms in total.